The predicted octanol–water partition coefficient (Wildman–Crippen LogP) is 2.19. The molecule has 152 valence electrons. The van der Waals surface area contributed by atoms with E-state index in [0.717, 1.165) is 43.3 Å². The van der Waals surface area contributed by atoms with Crippen LogP contribution in [0.4, 0.5) is 17.1 Å². The van der Waals surface area contributed by atoms with Gasteiger partial charge < -0.3 is 15.0 Å². The topological polar surface area (TPSA) is 65.1 Å². The van der Waals surface area contributed by atoms with Gasteiger partial charge in [0.25, 0.3) is 0 Å². The van der Waals surface area contributed by atoms with Crippen molar-refractivity contribution in [2.24, 2.45) is 0 Å². The molecule has 0 unspecified atom stereocenters. The number of fused-ring (bicyclic) bond motifs is 1. The zero-order valence-electron chi connectivity index (χ0n) is 16.8. The van der Waals surface area contributed by atoms with Crippen molar-refractivity contribution in [3.63, 3.8) is 0 Å². The Morgan fingerprint density at radius 2 is 1.72 bits per heavy atom. The van der Waals surface area contributed by atoms with Crippen molar-refractivity contribution in [1.82, 2.24) is 4.90 Å². The van der Waals surface area contributed by atoms with Crippen molar-refractivity contribution in [2.45, 2.75) is 13.0 Å². The molecule has 2 aliphatic rings. The van der Waals surface area contributed by atoms with Crippen LogP contribution in [0.3, 0.4) is 0 Å². The van der Waals surface area contributed by atoms with Crippen molar-refractivity contribution in [2.75, 3.05) is 55.0 Å². The second-order valence-corrected chi connectivity index (χ2v) is 7.39. The number of amides is 2. The third-order valence-electron chi connectivity index (χ3n) is 5.69. The summed E-state index contributed by atoms with van der Waals surface area (Å²) in [6.45, 7) is 5.27. The molecule has 2 aromatic carbocycles. The molecular weight excluding hydrogens is 368 g/mol. The Morgan fingerprint density at radius 1 is 1.03 bits per heavy atom. The molecule has 1 fully saturated rings. The first kappa shape index (κ1) is 19.3. The van der Waals surface area contributed by atoms with Crippen LogP contribution in [-0.4, -0.2) is 62.6 Å². The third-order valence-corrected chi connectivity index (χ3v) is 5.69. The summed E-state index contributed by atoms with van der Waals surface area (Å²) in [6, 6.07) is 15.2. The second-order valence-electron chi connectivity index (χ2n) is 7.39. The van der Waals surface area contributed by atoms with Crippen LogP contribution in [0.25, 0.3) is 0 Å². The number of hydrogen-bond donors (Lipinski definition) is 1. The van der Waals surface area contributed by atoms with Crippen LogP contribution >= 0.6 is 0 Å². The maximum Gasteiger partial charge on any atom is 0.244 e. The molecule has 2 aromatic rings. The number of rotatable bonds is 4. The van der Waals surface area contributed by atoms with Gasteiger partial charge in [-0.25, -0.2) is 0 Å². The quantitative estimate of drug-likeness (QED) is 0.861. The third kappa shape index (κ3) is 3.91. The van der Waals surface area contributed by atoms with Crippen LogP contribution < -0.4 is 19.9 Å². The van der Waals surface area contributed by atoms with Gasteiger partial charge in [0.15, 0.2) is 0 Å². The van der Waals surface area contributed by atoms with E-state index in [-0.39, 0.29) is 24.4 Å². The first-order valence-electron chi connectivity index (χ1n) is 9.90. The molecule has 0 spiro atoms. The van der Waals surface area contributed by atoms with Crippen LogP contribution in [0.1, 0.15) is 6.92 Å². The van der Waals surface area contributed by atoms with E-state index in [2.05, 4.69) is 27.2 Å². The molecule has 1 atom stereocenters. The lowest BCUT2D eigenvalue weighted by atomic mass is 10.1. The Labute approximate surface area is 170 Å². The lowest BCUT2D eigenvalue weighted by Gasteiger charge is -2.40. The summed E-state index contributed by atoms with van der Waals surface area (Å²) in [6.07, 6.45) is 0. The smallest absolute Gasteiger partial charge is 0.244 e. The molecule has 7 heteroatoms. The molecular formula is C22H26N4O3. The number of benzene rings is 2. The Morgan fingerprint density at radius 3 is 2.41 bits per heavy atom. The van der Waals surface area contributed by atoms with Gasteiger partial charge in [0, 0.05) is 31.9 Å². The number of carbonyl (C=O) groups excluding carboxylic acids is 2. The average Bonchev–Trinajstić information content (AvgIpc) is 2.77. The summed E-state index contributed by atoms with van der Waals surface area (Å²) in [5.74, 6) is 0.649. The zero-order valence-corrected chi connectivity index (χ0v) is 16.8. The minimum Gasteiger partial charge on any atom is -0.497 e. The summed E-state index contributed by atoms with van der Waals surface area (Å²) in [7, 11) is 1.66. The lowest BCUT2D eigenvalue weighted by Crippen LogP contribution is -2.56. The zero-order chi connectivity index (χ0) is 20.4. The van der Waals surface area contributed by atoms with E-state index in [1.807, 2.05) is 43.3 Å². The van der Waals surface area contributed by atoms with Gasteiger partial charge in [0.1, 0.15) is 12.3 Å². The van der Waals surface area contributed by atoms with E-state index < -0.39 is 0 Å². The molecule has 2 heterocycles. The molecule has 2 amide bonds. The normalized spacial score (nSPS) is 18.1. The van der Waals surface area contributed by atoms with Crippen LogP contribution in [-0.2, 0) is 9.59 Å². The number of carbonyl (C=O) groups is 2. The number of piperazine rings is 1. The number of nitrogens with zero attached hydrogens (tertiary/aromatic N) is 3. The molecule has 4 rings (SSSR count). The van der Waals surface area contributed by atoms with E-state index in [0.29, 0.717) is 5.69 Å². The van der Waals surface area contributed by atoms with Gasteiger partial charge in [0.2, 0.25) is 11.8 Å². The lowest BCUT2D eigenvalue weighted by molar-refractivity contribution is -0.125. The fraction of sp³-hybridized carbons (Fsp3) is 0.364. The van der Waals surface area contributed by atoms with Crippen LogP contribution in [0.5, 0.6) is 5.75 Å². The van der Waals surface area contributed by atoms with E-state index in [4.69, 9.17) is 4.74 Å². The molecule has 0 bridgehead atoms. The molecule has 29 heavy (non-hydrogen) atoms. The highest BCUT2D eigenvalue weighted by Crippen LogP contribution is 2.30. The largest absolute Gasteiger partial charge is 0.497 e. The van der Waals surface area contributed by atoms with Gasteiger partial charge in [-0.05, 0) is 43.3 Å². The van der Waals surface area contributed by atoms with Gasteiger partial charge in [-0.3, -0.25) is 19.4 Å². The van der Waals surface area contributed by atoms with E-state index >= 15 is 0 Å². The summed E-state index contributed by atoms with van der Waals surface area (Å²) >= 11 is 0. The minimum atomic E-state index is -0.285. The maximum absolute atomic E-state index is 13.2. The van der Waals surface area contributed by atoms with Crippen LogP contribution in [0.15, 0.2) is 48.5 Å². The monoisotopic (exact) mass is 394 g/mol. The summed E-state index contributed by atoms with van der Waals surface area (Å²) < 4.78 is 5.22. The number of methoxy groups -OCH3 is 1. The Balaban J connectivity index is 1.41. The molecule has 2 aliphatic heterocycles. The Hall–Kier alpha value is -3.06. The standard InChI is InChI=1S/C22H26N4O3/c1-16(22(28)26-15-21(27)23-19-5-3-4-6-20(19)26)24-11-13-25(14-12-24)17-7-9-18(29-2)10-8-17/h3-10,16H,11-15H2,1-2H3,(H,23,27)/t16-/m1/s1. The van der Waals surface area contributed by atoms with E-state index in [1.165, 1.54) is 0 Å². The second kappa shape index (κ2) is 8.13. The summed E-state index contributed by atoms with van der Waals surface area (Å²) in [4.78, 5) is 31.4. The van der Waals surface area contributed by atoms with Gasteiger partial charge >= 0.3 is 0 Å². The van der Waals surface area contributed by atoms with Crippen LogP contribution in [0, 0.1) is 0 Å². The van der Waals surface area contributed by atoms with Crippen molar-refractivity contribution < 1.29 is 14.3 Å². The fourth-order valence-corrected chi connectivity index (χ4v) is 3.97. The first-order valence-corrected chi connectivity index (χ1v) is 9.90. The van der Waals surface area contributed by atoms with Crippen molar-refractivity contribution in [3.8, 4) is 5.75 Å². The van der Waals surface area contributed by atoms with Crippen LogP contribution in [0.2, 0.25) is 0 Å². The highest BCUT2D eigenvalue weighted by atomic mass is 16.5. The van der Waals surface area contributed by atoms with E-state index in [1.54, 1.807) is 12.0 Å². The molecule has 0 aromatic heterocycles. The summed E-state index contributed by atoms with van der Waals surface area (Å²) in [5.41, 5.74) is 2.61. The predicted molar refractivity (Wildman–Crippen MR) is 114 cm³/mol. The van der Waals surface area contributed by atoms with Crippen molar-refractivity contribution >= 4 is 28.9 Å². The first-order chi connectivity index (χ1) is 14.1. The summed E-state index contributed by atoms with van der Waals surface area (Å²) in [5, 5.41) is 2.83. The number of nitrogens with one attached hydrogen (secondary N) is 1. The Bertz CT molecular complexity index is 891. The molecule has 0 aliphatic carbocycles. The van der Waals surface area contributed by atoms with Gasteiger partial charge in [-0.15, -0.1) is 0 Å². The average molecular weight is 394 g/mol. The molecule has 0 saturated carbocycles. The van der Waals surface area contributed by atoms with Gasteiger partial charge in [0.05, 0.1) is 24.5 Å². The van der Waals surface area contributed by atoms with Crippen molar-refractivity contribution in [3.05, 3.63) is 48.5 Å². The number of anilines is 3. The molecule has 0 radical (unpaired) electrons. The van der Waals surface area contributed by atoms with Gasteiger partial charge in [-0.2, -0.15) is 0 Å². The highest BCUT2D eigenvalue weighted by Gasteiger charge is 2.33. The number of para-hydroxylation sites is 2. The Kier molecular flexibility index (Phi) is 5.40. The number of ether oxygens (including phenoxy) is 1. The van der Waals surface area contributed by atoms with E-state index in [9.17, 15) is 9.59 Å². The molecule has 1 N–H and O–H groups in total. The molecule has 7 nitrogen and oxygen atoms in total. The number of hydrogen-bond acceptors (Lipinski definition) is 5. The fourth-order valence-electron chi connectivity index (χ4n) is 3.97. The maximum atomic E-state index is 13.2. The molecule has 1 saturated heterocycles. The highest BCUT2D eigenvalue weighted by molar-refractivity contribution is 6.11. The van der Waals surface area contributed by atoms with Crippen molar-refractivity contribution in [1.29, 1.82) is 0 Å². The minimum absolute atomic E-state index is 0.0369. The SMILES string of the molecule is COc1ccc(N2CCN([C@H](C)C(=O)N3CC(=O)Nc4ccccc43)CC2)cc1. The van der Waals surface area contributed by atoms with Gasteiger partial charge in [-0.1, -0.05) is 12.1 Å².